The largest absolute Gasteiger partial charge is 0.377 e. The first-order valence-corrected chi connectivity index (χ1v) is 6.73. The quantitative estimate of drug-likeness (QED) is 0.783. The standard InChI is InChI=1S/C15H20N4O/c1-10(2)15(20)18-13-6-4-12(5-7-13)17-11(3)14-8-9-16-19-14/h4-11,17H,1-3H3,(H,16,19)(H,18,20). The lowest BCUT2D eigenvalue weighted by Gasteiger charge is -2.14. The van der Waals surface area contributed by atoms with Crippen molar-refractivity contribution in [1.82, 2.24) is 10.2 Å². The van der Waals surface area contributed by atoms with Crippen molar-refractivity contribution in [2.45, 2.75) is 26.8 Å². The number of carbonyl (C=O) groups is 1. The van der Waals surface area contributed by atoms with Crippen molar-refractivity contribution in [2.75, 3.05) is 10.6 Å². The van der Waals surface area contributed by atoms with E-state index in [1.165, 1.54) is 0 Å². The summed E-state index contributed by atoms with van der Waals surface area (Å²) in [7, 11) is 0. The van der Waals surface area contributed by atoms with Gasteiger partial charge in [0.1, 0.15) is 0 Å². The number of aromatic nitrogens is 2. The molecule has 2 rings (SSSR count). The second kappa shape index (κ2) is 6.23. The van der Waals surface area contributed by atoms with Gasteiger partial charge in [-0.25, -0.2) is 0 Å². The Morgan fingerprint density at radius 3 is 2.30 bits per heavy atom. The second-order valence-corrected chi connectivity index (χ2v) is 5.10. The zero-order chi connectivity index (χ0) is 14.5. The Balaban J connectivity index is 1.96. The van der Waals surface area contributed by atoms with Gasteiger partial charge in [-0.05, 0) is 37.3 Å². The highest BCUT2D eigenvalue weighted by atomic mass is 16.1. The number of hydrogen-bond donors (Lipinski definition) is 3. The number of hydrogen-bond acceptors (Lipinski definition) is 3. The van der Waals surface area contributed by atoms with Gasteiger partial charge in [-0.1, -0.05) is 13.8 Å². The van der Waals surface area contributed by atoms with E-state index in [2.05, 4.69) is 27.8 Å². The molecule has 0 fully saturated rings. The molecule has 0 aliphatic heterocycles. The Morgan fingerprint density at radius 2 is 1.75 bits per heavy atom. The van der Waals surface area contributed by atoms with Gasteiger partial charge in [0, 0.05) is 23.5 Å². The average Bonchev–Trinajstić information content (AvgIpc) is 2.95. The van der Waals surface area contributed by atoms with Gasteiger partial charge >= 0.3 is 0 Å². The zero-order valence-electron chi connectivity index (χ0n) is 12.0. The lowest BCUT2D eigenvalue weighted by Crippen LogP contribution is -2.17. The Labute approximate surface area is 118 Å². The summed E-state index contributed by atoms with van der Waals surface area (Å²) in [6.07, 6.45) is 1.73. The monoisotopic (exact) mass is 272 g/mol. The summed E-state index contributed by atoms with van der Waals surface area (Å²) < 4.78 is 0. The molecule has 3 N–H and O–H groups in total. The lowest BCUT2D eigenvalue weighted by molar-refractivity contribution is -0.118. The van der Waals surface area contributed by atoms with E-state index >= 15 is 0 Å². The predicted molar refractivity (Wildman–Crippen MR) is 80.5 cm³/mol. The molecule has 1 aromatic carbocycles. The average molecular weight is 272 g/mol. The van der Waals surface area contributed by atoms with Crippen LogP contribution in [0.15, 0.2) is 36.5 Å². The van der Waals surface area contributed by atoms with Crippen LogP contribution >= 0.6 is 0 Å². The highest BCUT2D eigenvalue weighted by Crippen LogP contribution is 2.19. The molecule has 1 amide bonds. The first-order chi connectivity index (χ1) is 9.56. The number of nitrogens with zero attached hydrogens (tertiary/aromatic N) is 1. The third-order valence-electron chi connectivity index (χ3n) is 3.05. The molecule has 20 heavy (non-hydrogen) atoms. The van der Waals surface area contributed by atoms with Gasteiger partial charge in [-0.15, -0.1) is 0 Å². The molecule has 1 unspecified atom stereocenters. The number of aromatic amines is 1. The van der Waals surface area contributed by atoms with Crippen molar-refractivity contribution in [3.05, 3.63) is 42.2 Å². The van der Waals surface area contributed by atoms with Gasteiger partial charge in [0.15, 0.2) is 0 Å². The molecule has 5 nitrogen and oxygen atoms in total. The van der Waals surface area contributed by atoms with E-state index < -0.39 is 0 Å². The van der Waals surface area contributed by atoms with Crippen LogP contribution in [0.2, 0.25) is 0 Å². The number of H-pyrrole nitrogens is 1. The van der Waals surface area contributed by atoms with E-state index in [0.717, 1.165) is 17.1 Å². The van der Waals surface area contributed by atoms with Gasteiger partial charge in [0.25, 0.3) is 0 Å². The molecule has 1 heterocycles. The molecule has 2 aromatic rings. The summed E-state index contributed by atoms with van der Waals surface area (Å²) in [6, 6.07) is 9.76. The molecular formula is C15H20N4O. The summed E-state index contributed by atoms with van der Waals surface area (Å²) >= 11 is 0. The van der Waals surface area contributed by atoms with Crippen LogP contribution in [-0.2, 0) is 4.79 Å². The van der Waals surface area contributed by atoms with Gasteiger partial charge < -0.3 is 10.6 Å². The third kappa shape index (κ3) is 3.60. The molecule has 0 radical (unpaired) electrons. The van der Waals surface area contributed by atoms with Crippen molar-refractivity contribution in [2.24, 2.45) is 5.92 Å². The summed E-state index contributed by atoms with van der Waals surface area (Å²) in [5.41, 5.74) is 2.83. The normalized spacial score (nSPS) is 12.2. The maximum atomic E-state index is 11.6. The van der Waals surface area contributed by atoms with Crippen molar-refractivity contribution in [3.63, 3.8) is 0 Å². The molecule has 5 heteroatoms. The van der Waals surface area contributed by atoms with Crippen LogP contribution in [0.1, 0.15) is 32.5 Å². The fraction of sp³-hybridized carbons (Fsp3) is 0.333. The minimum absolute atomic E-state index is 0.0202. The second-order valence-electron chi connectivity index (χ2n) is 5.10. The van der Waals surface area contributed by atoms with Crippen LogP contribution in [0.4, 0.5) is 11.4 Å². The molecule has 0 bridgehead atoms. The first-order valence-electron chi connectivity index (χ1n) is 6.73. The Morgan fingerprint density at radius 1 is 1.10 bits per heavy atom. The fourth-order valence-electron chi connectivity index (χ4n) is 1.77. The summed E-state index contributed by atoms with van der Waals surface area (Å²) in [6.45, 7) is 5.80. The predicted octanol–water partition coefficient (Wildman–Crippen LogP) is 3.18. The molecule has 0 spiro atoms. The van der Waals surface area contributed by atoms with Crippen LogP contribution in [0, 0.1) is 5.92 Å². The topological polar surface area (TPSA) is 69.8 Å². The molecule has 0 saturated carbocycles. The molecule has 0 aliphatic carbocycles. The van der Waals surface area contributed by atoms with Gasteiger partial charge in [0.05, 0.1) is 11.7 Å². The van der Waals surface area contributed by atoms with Crippen molar-refractivity contribution in [3.8, 4) is 0 Å². The number of benzene rings is 1. The summed E-state index contributed by atoms with van der Waals surface area (Å²) in [5.74, 6) is 0.00439. The zero-order valence-corrected chi connectivity index (χ0v) is 12.0. The summed E-state index contributed by atoms with van der Waals surface area (Å²) in [5, 5.41) is 13.1. The van der Waals surface area contributed by atoms with E-state index in [-0.39, 0.29) is 17.9 Å². The molecule has 0 saturated heterocycles. The smallest absolute Gasteiger partial charge is 0.226 e. The van der Waals surface area contributed by atoms with Crippen molar-refractivity contribution in [1.29, 1.82) is 0 Å². The molecule has 106 valence electrons. The van der Waals surface area contributed by atoms with E-state index in [9.17, 15) is 4.79 Å². The SMILES string of the molecule is CC(C)C(=O)Nc1ccc(NC(C)c2ccn[nH]2)cc1. The van der Waals surface area contributed by atoms with Crippen LogP contribution in [0.25, 0.3) is 0 Å². The first kappa shape index (κ1) is 14.1. The van der Waals surface area contributed by atoms with E-state index in [4.69, 9.17) is 0 Å². The van der Waals surface area contributed by atoms with E-state index in [1.807, 2.05) is 44.2 Å². The van der Waals surface area contributed by atoms with Gasteiger partial charge in [0.2, 0.25) is 5.91 Å². The number of anilines is 2. The Hall–Kier alpha value is -2.30. The third-order valence-corrected chi connectivity index (χ3v) is 3.05. The highest BCUT2D eigenvalue weighted by molar-refractivity contribution is 5.92. The van der Waals surface area contributed by atoms with E-state index in [0.29, 0.717) is 0 Å². The lowest BCUT2D eigenvalue weighted by atomic mass is 10.2. The summed E-state index contributed by atoms with van der Waals surface area (Å²) in [4.78, 5) is 11.6. The number of nitrogens with one attached hydrogen (secondary N) is 3. The van der Waals surface area contributed by atoms with Crippen molar-refractivity contribution < 1.29 is 4.79 Å². The van der Waals surface area contributed by atoms with Crippen LogP contribution in [-0.4, -0.2) is 16.1 Å². The van der Waals surface area contributed by atoms with Crippen LogP contribution in [0.3, 0.4) is 0 Å². The molecule has 0 aliphatic rings. The molecule has 1 aromatic heterocycles. The van der Waals surface area contributed by atoms with Crippen molar-refractivity contribution >= 4 is 17.3 Å². The fourth-order valence-corrected chi connectivity index (χ4v) is 1.77. The van der Waals surface area contributed by atoms with Gasteiger partial charge in [-0.3, -0.25) is 9.89 Å². The highest BCUT2D eigenvalue weighted by Gasteiger charge is 2.08. The maximum absolute atomic E-state index is 11.6. The number of amides is 1. The minimum atomic E-state index is -0.0202. The Kier molecular flexibility index (Phi) is 4.40. The molecule has 1 atom stereocenters. The van der Waals surface area contributed by atoms with Crippen LogP contribution in [0.5, 0.6) is 0 Å². The molecular weight excluding hydrogens is 252 g/mol. The van der Waals surface area contributed by atoms with Crippen LogP contribution < -0.4 is 10.6 Å². The maximum Gasteiger partial charge on any atom is 0.226 e. The number of carbonyl (C=O) groups excluding carboxylic acids is 1. The number of rotatable bonds is 5. The Bertz CT molecular complexity index is 546. The van der Waals surface area contributed by atoms with E-state index in [1.54, 1.807) is 6.20 Å². The minimum Gasteiger partial charge on any atom is -0.377 e. The van der Waals surface area contributed by atoms with Gasteiger partial charge in [-0.2, -0.15) is 5.10 Å².